The minimum Gasteiger partial charge on any atom is -0.310 e. The van der Waals surface area contributed by atoms with Crippen LogP contribution in [-0.4, -0.2) is 6.54 Å². The standard InChI is InChI=1S/C17H19ClFN/c1-12-4-3-5-14(10-12)8-9-20-13(2)15-6-7-16(18)17(19)11-15/h3-7,10-11,13,20H,8-9H2,1-2H3. The van der Waals surface area contributed by atoms with Gasteiger partial charge in [-0.05, 0) is 50.1 Å². The molecule has 0 aliphatic heterocycles. The van der Waals surface area contributed by atoms with Gasteiger partial charge in [-0.3, -0.25) is 0 Å². The summed E-state index contributed by atoms with van der Waals surface area (Å²) >= 11 is 5.69. The molecule has 1 N–H and O–H groups in total. The van der Waals surface area contributed by atoms with Gasteiger partial charge in [-0.2, -0.15) is 0 Å². The quantitative estimate of drug-likeness (QED) is 0.843. The van der Waals surface area contributed by atoms with Crippen molar-refractivity contribution in [1.82, 2.24) is 5.32 Å². The number of benzene rings is 2. The maximum Gasteiger partial charge on any atom is 0.142 e. The van der Waals surface area contributed by atoms with Crippen LogP contribution in [0.3, 0.4) is 0 Å². The molecule has 0 saturated heterocycles. The molecule has 1 atom stereocenters. The third-order valence-electron chi connectivity index (χ3n) is 3.39. The fourth-order valence-corrected chi connectivity index (χ4v) is 2.32. The van der Waals surface area contributed by atoms with Crippen LogP contribution in [-0.2, 0) is 6.42 Å². The predicted octanol–water partition coefficient (Wildman–Crippen LogP) is 4.68. The van der Waals surface area contributed by atoms with Crippen LogP contribution >= 0.6 is 11.6 Å². The van der Waals surface area contributed by atoms with Gasteiger partial charge in [-0.25, -0.2) is 4.39 Å². The Bertz CT molecular complexity index is 583. The van der Waals surface area contributed by atoms with E-state index in [4.69, 9.17) is 11.6 Å². The number of halogens is 2. The number of rotatable bonds is 5. The number of aryl methyl sites for hydroxylation is 1. The zero-order valence-corrected chi connectivity index (χ0v) is 12.5. The molecule has 0 aliphatic carbocycles. The van der Waals surface area contributed by atoms with Crippen LogP contribution in [0.4, 0.5) is 4.39 Å². The van der Waals surface area contributed by atoms with Crippen LogP contribution in [0, 0.1) is 12.7 Å². The Kier molecular flexibility index (Phi) is 5.16. The Hall–Kier alpha value is -1.38. The topological polar surface area (TPSA) is 12.0 Å². The van der Waals surface area contributed by atoms with Crippen LogP contribution in [0.5, 0.6) is 0 Å². The van der Waals surface area contributed by atoms with Crippen molar-refractivity contribution in [3.8, 4) is 0 Å². The van der Waals surface area contributed by atoms with E-state index in [2.05, 4.69) is 36.5 Å². The molecule has 0 fully saturated rings. The zero-order valence-electron chi connectivity index (χ0n) is 11.8. The van der Waals surface area contributed by atoms with Crippen molar-refractivity contribution in [3.63, 3.8) is 0 Å². The summed E-state index contributed by atoms with van der Waals surface area (Å²) in [4.78, 5) is 0. The number of hydrogen-bond acceptors (Lipinski definition) is 1. The molecule has 2 rings (SSSR count). The molecule has 0 aliphatic rings. The zero-order chi connectivity index (χ0) is 14.5. The van der Waals surface area contributed by atoms with Crippen LogP contribution in [0.15, 0.2) is 42.5 Å². The van der Waals surface area contributed by atoms with Crippen molar-refractivity contribution in [1.29, 1.82) is 0 Å². The van der Waals surface area contributed by atoms with E-state index in [1.54, 1.807) is 6.07 Å². The lowest BCUT2D eigenvalue weighted by atomic mass is 10.1. The third-order valence-corrected chi connectivity index (χ3v) is 3.70. The molecule has 1 nitrogen and oxygen atoms in total. The Morgan fingerprint density at radius 1 is 1.20 bits per heavy atom. The molecular weight excluding hydrogens is 273 g/mol. The van der Waals surface area contributed by atoms with E-state index in [0.29, 0.717) is 0 Å². The average molecular weight is 292 g/mol. The number of hydrogen-bond donors (Lipinski definition) is 1. The molecule has 20 heavy (non-hydrogen) atoms. The Morgan fingerprint density at radius 2 is 2.00 bits per heavy atom. The lowest BCUT2D eigenvalue weighted by molar-refractivity contribution is 0.567. The lowest BCUT2D eigenvalue weighted by Crippen LogP contribution is -2.21. The van der Waals surface area contributed by atoms with Gasteiger partial charge in [0.1, 0.15) is 5.82 Å². The molecule has 2 aromatic rings. The van der Waals surface area contributed by atoms with Crippen LogP contribution in [0.1, 0.15) is 29.7 Å². The van der Waals surface area contributed by atoms with Crippen LogP contribution < -0.4 is 5.32 Å². The molecule has 0 spiro atoms. The maximum absolute atomic E-state index is 13.4. The van der Waals surface area contributed by atoms with Crippen molar-refractivity contribution in [2.45, 2.75) is 26.3 Å². The van der Waals surface area contributed by atoms with Crippen molar-refractivity contribution >= 4 is 11.6 Å². The van der Waals surface area contributed by atoms with E-state index in [-0.39, 0.29) is 16.9 Å². The Labute approximate surface area is 124 Å². The summed E-state index contributed by atoms with van der Waals surface area (Å²) in [5.41, 5.74) is 3.50. The van der Waals surface area contributed by atoms with E-state index < -0.39 is 0 Å². The van der Waals surface area contributed by atoms with E-state index in [1.807, 2.05) is 13.0 Å². The molecular formula is C17H19ClFN. The first kappa shape index (κ1) is 15.0. The fourth-order valence-electron chi connectivity index (χ4n) is 2.20. The molecule has 0 saturated carbocycles. The van der Waals surface area contributed by atoms with E-state index in [0.717, 1.165) is 18.5 Å². The van der Waals surface area contributed by atoms with Gasteiger partial charge < -0.3 is 5.32 Å². The van der Waals surface area contributed by atoms with Gasteiger partial charge in [-0.1, -0.05) is 47.5 Å². The summed E-state index contributed by atoms with van der Waals surface area (Å²) in [6.07, 6.45) is 0.960. The van der Waals surface area contributed by atoms with Gasteiger partial charge in [-0.15, -0.1) is 0 Å². The minimum atomic E-state index is -0.364. The highest BCUT2D eigenvalue weighted by Gasteiger charge is 2.07. The normalized spacial score (nSPS) is 12.4. The second-order valence-electron chi connectivity index (χ2n) is 5.09. The summed E-state index contributed by atoms with van der Waals surface area (Å²) < 4.78 is 13.4. The van der Waals surface area contributed by atoms with E-state index in [1.165, 1.54) is 17.2 Å². The smallest absolute Gasteiger partial charge is 0.142 e. The predicted molar refractivity (Wildman–Crippen MR) is 82.7 cm³/mol. The molecule has 0 amide bonds. The average Bonchev–Trinajstić information content (AvgIpc) is 2.42. The Morgan fingerprint density at radius 3 is 2.70 bits per heavy atom. The van der Waals surface area contributed by atoms with Gasteiger partial charge in [0.15, 0.2) is 0 Å². The third kappa shape index (κ3) is 4.06. The molecule has 1 unspecified atom stereocenters. The summed E-state index contributed by atoms with van der Waals surface area (Å²) in [7, 11) is 0. The van der Waals surface area contributed by atoms with Crippen molar-refractivity contribution in [2.75, 3.05) is 6.54 Å². The van der Waals surface area contributed by atoms with Gasteiger partial charge in [0.2, 0.25) is 0 Å². The molecule has 0 bridgehead atoms. The highest BCUT2D eigenvalue weighted by molar-refractivity contribution is 6.30. The first-order valence-corrected chi connectivity index (χ1v) is 7.18. The molecule has 0 aromatic heterocycles. The molecule has 0 radical (unpaired) electrons. The number of nitrogens with one attached hydrogen (secondary N) is 1. The monoisotopic (exact) mass is 291 g/mol. The van der Waals surface area contributed by atoms with Gasteiger partial charge in [0.25, 0.3) is 0 Å². The highest BCUT2D eigenvalue weighted by Crippen LogP contribution is 2.20. The van der Waals surface area contributed by atoms with E-state index >= 15 is 0 Å². The minimum absolute atomic E-state index is 0.103. The molecule has 0 heterocycles. The second-order valence-corrected chi connectivity index (χ2v) is 5.50. The summed E-state index contributed by atoms with van der Waals surface area (Å²) in [5, 5.41) is 3.57. The largest absolute Gasteiger partial charge is 0.310 e. The van der Waals surface area contributed by atoms with Crippen LogP contribution in [0.2, 0.25) is 5.02 Å². The Balaban J connectivity index is 1.88. The van der Waals surface area contributed by atoms with Gasteiger partial charge in [0.05, 0.1) is 5.02 Å². The van der Waals surface area contributed by atoms with Crippen molar-refractivity contribution in [3.05, 3.63) is 70.0 Å². The summed E-state index contributed by atoms with van der Waals surface area (Å²) in [6.45, 7) is 4.98. The van der Waals surface area contributed by atoms with Gasteiger partial charge in [0, 0.05) is 6.04 Å². The molecule has 3 heteroatoms. The van der Waals surface area contributed by atoms with Gasteiger partial charge >= 0.3 is 0 Å². The van der Waals surface area contributed by atoms with Crippen molar-refractivity contribution < 1.29 is 4.39 Å². The fraction of sp³-hybridized carbons (Fsp3) is 0.294. The maximum atomic E-state index is 13.4. The lowest BCUT2D eigenvalue weighted by Gasteiger charge is -2.14. The first-order chi connectivity index (χ1) is 9.56. The van der Waals surface area contributed by atoms with E-state index in [9.17, 15) is 4.39 Å². The molecule has 2 aromatic carbocycles. The van der Waals surface area contributed by atoms with Crippen molar-refractivity contribution in [2.24, 2.45) is 0 Å². The first-order valence-electron chi connectivity index (χ1n) is 6.80. The SMILES string of the molecule is Cc1cccc(CCNC(C)c2ccc(Cl)c(F)c2)c1. The molecule has 106 valence electrons. The summed E-state index contributed by atoms with van der Waals surface area (Å²) in [6, 6.07) is 13.5. The van der Waals surface area contributed by atoms with Crippen LogP contribution in [0.25, 0.3) is 0 Å². The summed E-state index contributed by atoms with van der Waals surface area (Å²) in [5.74, 6) is -0.364. The second kappa shape index (κ2) is 6.87. The highest BCUT2D eigenvalue weighted by atomic mass is 35.5.